The number of rotatable bonds is 4. The topological polar surface area (TPSA) is 44.5 Å². The van der Waals surface area contributed by atoms with Crippen molar-refractivity contribution in [1.82, 2.24) is 0 Å². The molecule has 0 atom stereocenters. The Kier molecular flexibility index (Phi) is 4.83. The van der Waals surface area contributed by atoms with E-state index in [9.17, 15) is 4.39 Å². The molecule has 0 aromatic heterocycles. The lowest BCUT2D eigenvalue weighted by Crippen LogP contribution is -2.02. The third-order valence-electron chi connectivity index (χ3n) is 2.90. The number of hydrogen-bond acceptors (Lipinski definition) is 3. The van der Waals surface area contributed by atoms with Gasteiger partial charge in [0, 0.05) is 6.42 Å². The highest BCUT2D eigenvalue weighted by molar-refractivity contribution is 9.10. The molecule has 0 amide bonds. The molecule has 0 unspecified atom stereocenters. The first-order valence-electron chi connectivity index (χ1n) is 6.20. The van der Waals surface area contributed by atoms with Crippen molar-refractivity contribution in [2.45, 2.75) is 25.7 Å². The molecule has 0 saturated carbocycles. The van der Waals surface area contributed by atoms with Crippen LogP contribution in [0.4, 0.5) is 4.39 Å². The number of ether oxygens (including phenoxy) is 2. The van der Waals surface area contributed by atoms with Crippen molar-refractivity contribution < 1.29 is 13.9 Å². The molecule has 3 nitrogen and oxygen atoms in total. The SMILES string of the molecule is NCCCCc1cc2c(c(Br)c1F)OCCCO2. The predicted molar refractivity (Wildman–Crippen MR) is 71.7 cm³/mol. The molecule has 1 aromatic rings. The van der Waals surface area contributed by atoms with Gasteiger partial charge in [0.1, 0.15) is 5.82 Å². The van der Waals surface area contributed by atoms with E-state index in [1.165, 1.54) is 0 Å². The standard InChI is InChI=1S/C13H17BrFNO2/c14-11-12(15)9(4-1-2-5-16)8-10-13(11)18-7-3-6-17-10/h8H,1-7,16H2. The third kappa shape index (κ3) is 2.95. The molecule has 5 heteroatoms. The zero-order valence-corrected chi connectivity index (χ0v) is 11.8. The lowest BCUT2D eigenvalue weighted by molar-refractivity contribution is 0.296. The van der Waals surface area contributed by atoms with Gasteiger partial charge in [0.15, 0.2) is 11.5 Å². The van der Waals surface area contributed by atoms with E-state index in [1.54, 1.807) is 6.07 Å². The number of nitrogens with two attached hydrogens (primary N) is 1. The summed E-state index contributed by atoms with van der Waals surface area (Å²) >= 11 is 3.26. The molecule has 0 saturated heterocycles. The quantitative estimate of drug-likeness (QED) is 0.868. The van der Waals surface area contributed by atoms with Crippen molar-refractivity contribution in [3.63, 3.8) is 0 Å². The number of benzene rings is 1. The summed E-state index contributed by atoms with van der Waals surface area (Å²) in [6, 6.07) is 1.75. The summed E-state index contributed by atoms with van der Waals surface area (Å²) < 4.78 is 25.6. The van der Waals surface area contributed by atoms with E-state index >= 15 is 0 Å². The fourth-order valence-electron chi connectivity index (χ4n) is 1.93. The van der Waals surface area contributed by atoms with Gasteiger partial charge in [-0.25, -0.2) is 4.39 Å². The van der Waals surface area contributed by atoms with Crippen LogP contribution >= 0.6 is 15.9 Å². The van der Waals surface area contributed by atoms with Gasteiger partial charge in [-0.15, -0.1) is 0 Å². The van der Waals surface area contributed by atoms with Crippen LogP contribution in [0.15, 0.2) is 10.5 Å². The van der Waals surface area contributed by atoms with Gasteiger partial charge in [-0.05, 0) is 53.4 Å². The van der Waals surface area contributed by atoms with Gasteiger partial charge in [-0.1, -0.05) is 0 Å². The van der Waals surface area contributed by atoms with Crippen LogP contribution in [-0.2, 0) is 6.42 Å². The average molecular weight is 318 g/mol. The Morgan fingerprint density at radius 1 is 1.28 bits per heavy atom. The summed E-state index contributed by atoms with van der Waals surface area (Å²) in [5.41, 5.74) is 6.10. The molecule has 0 radical (unpaired) electrons. The second-order valence-corrected chi connectivity index (χ2v) is 5.08. The molecule has 0 spiro atoms. The molecule has 100 valence electrons. The lowest BCUT2D eigenvalue weighted by atomic mass is 10.1. The summed E-state index contributed by atoms with van der Waals surface area (Å²) in [4.78, 5) is 0. The molecule has 18 heavy (non-hydrogen) atoms. The van der Waals surface area contributed by atoms with Crippen LogP contribution in [0.25, 0.3) is 0 Å². The second-order valence-electron chi connectivity index (χ2n) is 4.29. The van der Waals surface area contributed by atoms with Gasteiger partial charge < -0.3 is 15.2 Å². The molecule has 0 bridgehead atoms. The zero-order chi connectivity index (χ0) is 13.0. The highest BCUT2D eigenvalue weighted by atomic mass is 79.9. The minimum atomic E-state index is -0.253. The first kappa shape index (κ1) is 13.6. The lowest BCUT2D eigenvalue weighted by Gasteiger charge is -2.13. The molecule has 0 fully saturated rings. The fraction of sp³-hybridized carbons (Fsp3) is 0.538. The molecule has 2 N–H and O–H groups in total. The van der Waals surface area contributed by atoms with Crippen LogP contribution in [0.3, 0.4) is 0 Å². The molecular weight excluding hydrogens is 301 g/mol. The fourth-order valence-corrected chi connectivity index (χ4v) is 2.50. The van der Waals surface area contributed by atoms with Crippen LogP contribution in [-0.4, -0.2) is 19.8 Å². The molecule has 1 aromatic carbocycles. The summed E-state index contributed by atoms with van der Waals surface area (Å²) in [7, 11) is 0. The number of halogens is 2. The number of hydrogen-bond donors (Lipinski definition) is 1. The Balaban J connectivity index is 2.26. The zero-order valence-electron chi connectivity index (χ0n) is 10.2. The Bertz CT molecular complexity index is 426. The largest absolute Gasteiger partial charge is 0.490 e. The molecule has 1 aliphatic heterocycles. The number of fused-ring (bicyclic) bond motifs is 1. The smallest absolute Gasteiger partial charge is 0.178 e. The van der Waals surface area contributed by atoms with Crippen LogP contribution < -0.4 is 15.2 Å². The van der Waals surface area contributed by atoms with E-state index < -0.39 is 0 Å². The van der Waals surface area contributed by atoms with E-state index in [4.69, 9.17) is 15.2 Å². The normalized spacial score (nSPS) is 14.4. The number of unbranched alkanes of at least 4 members (excludes halogenated alkanes) is 1. The summed E-state index contributed by atoms with van der Waals surface area (Å²) in [5, 5.41) is 0. The second kappa shape index (κ2) is 6.38. The number of aryl methyl sites for hydroxylation is 1. The maximum Gasteiger partial charge on any atom is 0.178 e. The molecular formula is C13H17BrFNO2. The minimum Gasteiger partial charge on any atom is -0.490 e. The van der Waals surface area contributed by atoms with Crippen LogP contribution in [0.2, 0.25) is 0 Å². The van der Waals surface area contributed by atoms with Gasteiger partial charge >= 0.3 is 0 Å². The Hall–Kier alpha value is -0.810. The van der Waals surface area contributed by atoms with Crippen molar-refractivity contribution in [3.05, 3.63) is 21.9 Å². The van der Waals surface area contributed by atoms with Crippen molar-refractivity contribution in [2.75, 3.05) is 19.8 Å². The molecule has 0 aliphatic carbocycles. The highest BCUT2D eigenvalue weighted by Gasteiger charge is 2.20. The van der Waals surface area contributed by atoms with Crippen molar-refractivity contribution in [2.24, 2.45) is 5.73 Å². The Morgan fingerprint density at radius 3 is 2.83 bits per heavy atom. The third-order valence-corrected chi connectivity index (χ3v) is 3.60. The molecule has 2 rings (SSSR count). The van der Waals surface area contributed by atoms with Gasteiger partial charge in [0.2, 0.25) is 0 Å². The van der Waals surface area contributed by atoms with Gasteiger partial charge in [-0.2, -0.15) is 0 Å². The van der Waals surface area contributed by atoms with Crippen molar-refractivity contribution in [1.29, 1.82) is 0 Å². The van der Waals surface area contributed by atoms with Gasteiger partial charge in [-0.3, -0.25) is 0 Å². The average Bonchev–Trinajstić information content (AvgIpc) is 2.61. The van der Waals surface area contributed by atoms with E-state index in [-0.39, 0.29) is 5.82 Å². The minimum absolute atomic E-state index is 0.253. The first-order valence-corrected chi connectivity index (χ1v) is 7.00. The molecule has 1 aliphatic rings. The van der Waals surface area contributed by atoms with E-state index in [2.05, 4.69) is 15.9 Å². The Morgan fingerprint density at radius 2 is 2.06 bits per heavy atom. The Labute approximate surface area is 115 Å². The summed E-state index contributed by atoms with van der Waals surface area (Å²) in [5.74, 6) is 0.854. The maximum atomic E-state index is 14.1. The van der Waals surface area contributed by atoms with Crippen LogP contribution in [0.5, 0.6) is 11.5 Å². The molecule has 1 heterocycles. The van der Waals surface area contributed by atoms with E-state index in [0.717, 1.165) is 19.3 Å². The van der Waals surface area contributed by atoms with Crippen LogP contribution in [0, 0.1) is 5.82 Å². The van der Waals surface area contributed by atoms with E-state index in [0.29, 0.717) is 47.7 Å². The van der Waals surface area contributed by atoms with Crippen molar-refractivity contribution in [3.8, 4) is 11.5 Å². The highest BCUT2D eigenvalue weighted by Crippen LogP contribution is 2.40. The van der Waals surface area contributed by atoms with E-state index in [1.807, 2.05) is 0 Å². The summed E-state index contributed by atoms with van der Waals surface area (Å²) in [6.45, 7) is 1.79. The first-order chi connectivity index (χ1) is 8.74. The predicted octanol–water partition coefficient (Wildman–Crippen LogP) is 3.03. The monoisotopic (exact) mass is 317 g/mol. The van der Waals surface area contributed by atoms with Gasteiger partial charge in [0.05, 0.1) is 17.7 Å². The van der Waals surface area contributed by atoms with Gasteiger partial charge in [0.25, 0.3) is 0 Å². The van der Waals surface area contributed by atoms with Crippen molar-refractivity contribution >= 4 is 15.9 Å². The van der Waals surface area contributed by atoms with Crippen LogP contribution in [0.1, 0.15) is 24.8 Å². The summed E-state index contributed by atoms with van der Waals surface area (Å²) in [6.07, 6.45) is 3.24. The maximum absolute atomic E-state index is 14.1.